The molecule has 0 saturated carbocycles. The Bertz CT molecular complexity index is 580. The zero-order chi connectivity index (χ0) is 17.7. The maximum Gasteiger partial charge on any atom is 0.324 e. The molecule has 7 heteroatoms. The number of carbonyl (C=O) groups excluding carboxylic acids is 1. The van der Waals surface area contributed by atoms with Gasteiger partial charge in [-0.2, -0.15) is 0 Å². The summed E-state index contributed by atoms with van der Waals surface area (Å²) >= 11 is 0. The Morgan fingerprint density at radius 3 is 1.96 bits per heavy atom. The summed E-state index contributed by atoms with van der Waals surface area (Å²) in [5, 5.41) is 18.0. The van der Waals surface area contributed by atoms with Crippen LogP contribution in [0.25, 0.3) is 0 Å². The molecule has 0 aromatic heterocycles. The Kier molecular flexibility index (Phi) is 5.78. The number of amides is 2. The quantitative estimate of drug-likeness (QED) is 0.830. The third-order valence-electron chi connectivity index (χ3n) is 4.34. The fraction of sp³-hybridized carbons (Fsp3) is 0.471. The van der Waals surface area contributed by atoms with Crippen molar-refractivity contribution in [3.8, 4) is 0 Å². The Labute approximate surface area is 140 Å². The van der Waals surface area contributed by atoms with E-state index in [9.17, 15) is 14.4 Å². The largest absolute Gasteiger partial charge is 0.481 e. The normalized spacial score (nSPS) is 20.0. The van der Waals surface area contributed by atoms with Gasteiger partial charge in [0.25, 0.3) is 0 Å². The van der Waals surface area contributed by atoms with Gasteiger partial charge >= 0.3 is 18.0 Å². The van der Waals surface area contributed by atoms with Crippen LogP contribution in [0.3, 0.4) is 0 Å². The second kappa shape index (κ2) is 7.81. The van der Waals surface area contributed by atoms with Crippen LogP contribution in [0.5, 0.6) is 0 Å². The molecule has 2 N–H and O–H groups in total. The number of likely N-dealkylation sites (tertiary alicyclic amines) is 1. The number of urea groups is 1. The minimum absolute atomic E-state index is 0.126. The number of carboxylic acid groups (broad SMARTS) is 2. The summed E-state index contributed by atoms with van der Waals surface area (Å²) in [5.41, 5.74) is 0.765. The molecule has 1 saturated heterocycles. The first-order chi connectivity index (χ1) is 11.4. The molecule has 1 aromatic rings. The van der Waals surface area contributed by atoms with Gasteiger partial charge in [0.05, 0.1) is 12.8 Å². The first-order valence-electron chi connectivity index (χ1n) is 7.97. The molecular formula is C17H22N2O5. The minimum Gasteiger partial charge on any atom is -0.481 e. The zero-order valence-electron chi connectivity index (χ0n) is 13.6. The average molecular weight is 334 g/mol. The smallest absolute Gasteiger partial charge is 0.324 e. The van der Waals surface area contributed by atoms with E-state index < -0.39 is 11.9 Å². The fourth-order valence-electron chi connectivity index (χ4n) is 3.21. The molecule has 1 heterocycles. The van der Waals surface area contributed by atoms with Gasteiger partial charge in [-0.25, -0.2) is 4.79 Å². The second-order valence-electron chi connectivity index (χ2n) is 5.98. The van der Waals surface area contributed by atoms with E-state index in [4.69, 9.17) is 10.2 Å². The van der Waals surface area contributed by atoms with E-state index in [0.29, 0.717) is 6.54 Å². The maximum atomic E-state index is 12.8. The molecule has 7 nitrogen and oxygen atoms in total. The Morgan fingerprint density at radius 2 is 1.54 bits per heavy atom. The van der Waals surface area contributed by atoms with Crippen LogP contribution in [0.15, 0.2) is 30.3 Å². The van der Waals surface area contributed by atoms with Crippen molar-refractivity contribution in [3.05, 3.63) is 30.3 Å². The summed E-state index contributed by atoms with van der Waals surface area (Å²) in [6.07, 6.45) is -0.252. The number of carboxylic acids is 2. The molecule has 1 fully saturated rings. The van der Waals surface area contributed by atoms with Crippen LogP contribution in [0.2, 0.25) is 0 Å². The van der Waals surface area contributed by atoms with Gasteiger partial charge < -0.3 is 15.1 Å². The number of carbonyl (C=O) groups is 3. The number of aliphatic carboxylic acids is 2. The summed E-state index contributed by atoms with van der Waals surface area (Å²) in [7, 11) is 0. The first-order valence-corrected chi connectivity index (χ1v) is 7.97. The standard InChI is InChI=1S/C17H22N2O5/c1-2-19(14-6-4-3-5-7-14)17(24)18-10-12(8-15(20)21)13(11-18)9-16(22)23/h3-7,12-13H,2,8-11H2,1H3,(H,20,21)(H,22,23)/t12-,13-/m1/s1. The number of hydrogen-bond acceptors (Lipinski definition) is 3. The summed E-state index contributed by atoms with van der Waals surface area (Å²) in [6.45, 7) is 2.88. The highest BCUT2D eigenvalue weighted by atomic mass is 16.4. The molecule has 2 amide bonds. The van der Waals surface area contributed by atoms with Gasteiger partial charge in [0.1, 0.15) is 0 Å². The Balaban J connectivity index is 2.14. The lowest BCUT2D eigenvalue weighted by molar-refractivity contribution is -0.141. The molecule has 0 unspecified atom stereocenters. The summed E-state index contributed by atoms with van der Waals surface area (Å²) in [5.74, 6) is -2.62. The molecule has 130 valence electrons. The van der Waals surface area contributed by atoms with Crippen molar-refractivity contribution in [2.45, 2.75) is 19.8 Å². The molecular weight excluding hydrogens is 312 g/mol. The highest BCUT2D eigenvalue weighted by molar-refractivity contribution is 5.92. The van der Waals surface area contributed by atoms with Crippen LogP contribution < -0.4 is 4.90 Å². The van der Waals surface area contributed by atoms with Crippen molar-refractivity contribution in [3.63, 3.8) is 0 Å². The molecule has 0 radical (unpaired) electrons. The SMILES string of the molecule is CCN(C(=O)N1C[C@@H](CC(=O)O)[C@H](CC(=O)O)C1)c1ccccc1. The van der Waals surface area contributed by atoms with Crippen LogP contribution in [-0.2, 0) is 9.59 Å². The number of rotatable bonds is 6. The van der Waals surface area contributed by atoms with Gasteiger partial charge in [0.2, 0.25) is 0 Å². The summed E-state index contributed by atoms with van der Waals surface area (Å²) in [6, 6.07) is 9.00. The second-order valence-corrected chi connectivity index (χ2v) is 5.98. The molecule has 24 heavy (non-hydrogen) atoms. The Hall–Kier alpha value is -2.57. The van der Waals surface area contributed by atoms with Gasteiger partial charge in [-0.3, -0.25) is 14.5 Å². The van der Waals surface area contributed by atoms with Crippen LogP contribution in [-0.4, -0.2) is 52.7 Å². The van der Waals surface area contributed by atoms with Gasteiger partial charge in [0.15, 0.2) is 0 Å². The zero-order valence-corrected chi connectivity index (χ0v) is 13.6. The maximum absolute atomic E-state index is 12.8. The number of benzene rings is 1. The summed E-state index contributed by atoms with van der Waals surface area (Å²) in [4.78, 5) is 38.0. The lowest BCUT2D eigenvalue weighted by atomic mass is 9.90. The van der Waals surface area contributed by atoms with Crippen LogP contribution in [0, 0.1) is 11.8 Å². The van der Waals surface area contributed by atoms with Crippen LogP contribution in [0.1, 0.15) is 19.8 Å². The van der Waals surface area contributed by atoms with Gasteiger partial charge in [0, 0.05) is 25.3 Å². The number of para-hydroxylation sites is 1. The monoisotopic (exact) mass is 334 g/mol. The van der Waals surface area contributed by atoms with Gasteiger partial charge in [-0.1, -0.05) is 18.2 Å². The van der Waals surface area contributed by atoms with E-state index in [0.717, 1.165) is 5.69 Å². The Morgan fingerprint density at radius 1 is 1.04 bits per heavy atom. The van der Waals surface area contributed by atoms with Crippen LogP contribution >= 0.6 is 0 Å². The van der Waals surface area contributed by atoms with Crippen molar-refractivity contribution >= 4 is 23.7 Å². The highest BCUT2D eigenvalue weighted by Crippen LogP contribution is 2.30. The summed E-state index contributed by atoms with van der Waals surface area (Å²) < 4.78 is 0. The minimum atomic E-state index is -0.972. The first kappa shape index (κ1) is 17.8. The van der Waals surface area contributed by atoms with E-state index >= 15 is 0 Å². The number of hydrogen-bond donors (Lipinski definition) is 2. The third-order valence-corrected chi connectivity index (χ3v) is 4.34. The predicted molar refractivity (Wildman–Crippen MR) is 87.9 cm³/mol. The van der Waals surface area contributed by atoms with E-state index in [1.165, 1.54) is 0 Å². The molecule has 1 aromatic carbocycles. The van der Waals surface area contributed by atoms with Crippen molar-refractivity contribution in [2.24, 2.45) is 11.8 Å². The highest BCUT2D eigenvalue weighted by Gasteiger charge is 2.38. The number of anilines is 1. The number of nitrogens with zero attached hydrogens (tertiary/aromatic N) is 2. The molecule has 2 rings (SSSR count). The lowest BCUT2D eigenvalue weighted by Gasteiger charge is -2.27. The van der Waals surface area contributed by atoms with Crippen molar-refractivity contribution in [1.29, 1.82) is 0 Å². The molecule has 1 aliphatic rings. The van der Waals surface area contributed by atoms with Crippen molar-refractivity contribution in [1.82, 2.24) is 4.90 Å². The van der Waals surface area contributed by atoms with Gasteiger partial charge in [-0.05, 0) is 30.9 Å². The van der Waals surface area contributed by atoms with Crippen molar-refractivity contribution < 1.29 is 24.6 Å². The van der Waals surface area contributed by atoms with Crippen molar-refractivity contribution in [2.75, 3.05) is 24.5 Å². The van der Waals surface area contributed by atoms with E-state index in [-0.39, 0.29) is 43.8 Å². The lowest BCUT2D eigenvalue weighted by Crippen LogP contribution is -2.42. The topological polar surface area (TPSA) is 98.2 Å². The third kappa shape index (κ3) is 4.24. The van der Waals surface area contributed by atoms with Crippen LogP contribution in [0.4, 0.5) is 10.5 Å². The fourth-order valence-corrected chi connectivity index (χ4v) is 3.21. The van der Waals surface area contributed by atoms with E-state index in [1.807, 2.05) is 37.3 Å². The molecule has 0 spiro atoms. The van der Waals surface area contributed by atoms with Gasteiger partial charge in [-0.15, -0.1) is 0 Å². The molecule has 0 bridgehead atoms. The van der Waals surface area contributed by atoms with E-state index in [1.54, 1.807) is 9.80 Å². The molecule has 0 aliphatic carbocycles. The molecule has 1 aliphatic heterocycles. The predicted octanol–water partition coefficient (Wildman–Crippen LogP) is 2.13. The molecule has 2 atom stereocenters. The average Bonchev–Trinajstić information content (AvgIpc) is 2.90. The van der Waals surface area contributed by atoms with E-state index in [2.05, 4.69) is 0 Å².